The van der Waals surface area contributed by atoms with Gasteiger partial charge in [0.1, 0.15) is 0 Å². The molecule has 1 rings (SSSR count). The van der Waals surface area contributed by atoms with Crippen molar-refractivity contribution in [3.05, 3.63) is 0 Å². The fraction of sp³-hybridized carbons (Fsp3) is 0.800. The lowest BCUT2D eigenvalue weighted by atomic mass is 10.1. The SMILES string of the molecule is CC(CC(N)=O)NC1CCCNC(=O)C1. The third-order valence-corrected chi connectivity index (χ3v) is 2.51. The molecule has 0 radical (unpaired) electrons. The highest BCUT2D eigenvalue weighted by molar-refractivity contribution is 5.77. The fourth-order valence-electron chi connectivity index (χ4n) is 1.88. The zero-order chi connectivity index (χ0) is 11.3. The number of nitrogens with one attached hydrogen (secondary N) is 2. The van der Waals surface area contributed by atoms with Gasteiger partial charge in [-0.3, -0.25) is 9.59 Å². The number of primary amides is 1. The van der Waals surface area contributed by atoms with Crippen LogP contribution in [0.4, 0.5) is 0 Å². The van der Waals surface area contributed by atoms with Gasteiger partial charge in [0.05, 0.1) is 0 Å². The Kier molecular flexibility index (Phi) is 4.55. The summed E-state index contributed by atoms with van der Waals surface area (Å²) in [6.07, 6.45) is 2.75. The molecular weight excluding hydrogens is 194 g/mol. The number of carbonyl (C=O) groups is 2. The molecule has 15 heavy (non-hydrogen) atoms. The number of amides is 2. The monoisotopic (exact) mass is 213 g/mol. The zero-order valence-electron chi connectivity index (χ0n) is 9.08. The Balaban J connectivity index is 2.35. The molecular formula is C10H19N3O2. The maximum absolute atomic E-state index is 11.3. The van der Waals surface area contributed by atoms with Crippen LogP contribution in [0.2, 0.25) is 0 Å². The van der Waals surface area contributed by atoms with Crippen LogP contribution in [-0.4, -0.2) is 30.4 Å². The molecule has 0 aromatic heterocycles. The predicted octanol–water partition coefficient (Wildman–Crippen LogP) is -0.491. The molecule has 2 atom stereocenters. The zero-order valence-corrected chi connectivity index (χ0v) is 9.08. The molecule has 0 bridgehead atoms. The van der Waals surface area contributed by atoms with E-state index < -0.39 is 0 Å². The predicted molar refractivity (Wildman–Crippen MR) is 57.1 cm³/mol. The topological polar surface area (TPSA) is 84.2 Å². The lowest BCUT2D eigenvalue weighted by Crippen LogP contribution is -2.40. The average Bonchev–Trinajstić information content (AvgIpc) is 2.28. The van der Waals surface area contributed by atoms with Crippen molar-refractivity contribution in [3.63, 3.8) is 0 Å². The van der Waals surface area contributed by atoms with Crippen LogP contribution in [0.15, 0.2) is 0 Å². The molecule has 2 amide bonds. The molecule has 0 saturated carbocycles. The number of carbonyl (C=O) groups excluding carboxylic acids is 2. The van der Waals surface area contributed by atoms with Crippen molar-refractivity contribution in [2.24, 2.45) is 5.73 Å². The Labute approximate surface area is 89.8 Å². The summed E-state index contributed by atoms with van der Waals surface area (Å²) >= 11 is 0. The van der Waals surface area contributed by atoms with E-state index in [0.717, 1.165) is 19.4 Å². The minimum atomic E-state index is -0.312. The molecule has 1 heterocycles. The van der Waals surface area contributed by atoms with E-state index in [0.29, 0.717) is 12.8 Å². The molecule has 0 aliphatic carbocycles. The molecule has 5 nitrogen and oxygen atoms in total. The molecule has 1 aliphatic heterocycles. The fourth-order valence-corrected chi connectivity index (χ4v) is 1.88. The van der Waals surface area contributed by atoms with Gasteiger partial charge in [0.25, 0.3) is 0 Å². The van der Waals surface area contributed by atoms with Crippen LogP contribution >= 0.6 is 0 Å². The van der Waals surface area contributed by atoms with Gasteiger partial charge < -0.3 is 16.4 Å². The Morgan fingerprint density at radius 3 is 3.13 bits per heavy atom. The molecule has 5 heteroatoms. The Bertz CT molecular complexity index is 243. The summed E-state index contributed by atoms with van der Waals surface area (Å²) in [7, 11) is 0. The second-order valence-corrected chi connectivity index (χ2v) is 4.13. The van der Waals surface area contributed by atoms with E-state index >= 15 is 0 Å². The van der Waals surface area contributed by atoms with Gasteiger partial charge in [-0.15, -0.1) is 0 Å². The second kappa shape index (κ2) is 5.70. The van der Waals surface area contributed by atoms with Gasteiger partial charge in [0, 0.05) is 31.5 Å². The molecule has 2 unspecified atom stereocenters. The Hall–Kier alpha value is -1.10. The van der Waals surface area contributed by atoms with Crippen molar-refractivity contribution in [1.82, 2.24) is 10.6 Å². The van der Waals surface area contributed by atoms with Crippen molar-refractivity contribution in [2.45, 2.75) is 44.7 Å². The molecule has 0 aromatic carbocycles. The van der Waals surface area contributed by atoms with Crippen molar-refractivity contribution in [3.8, 4) is 0 Å². The standard InChI is InChI=1S/C10H19N3O2/c1-7(5-9(11)14)13-8-3-2-4-12-10(15)6-8/h7-8,13H,2-6H2,1H3,(H2,11,14)(H,12,15). The minimum Gasteiger partial charge on any atom is -0.370 e. The van der Waals surface area contributed by atoms with E-state index in [1.165, 1.54) is 0 Å². The van der Waals surface area contributed by atoms with Gasteiger partial charge in [-0.2, -0.15) is 0 Å². The average molecular weight is 213 g/mol. The van der Waals surface area contributed by atoms with Gasteiger partial charge in [-0.05, 0) is 19.8 Å². The molecule has 1 saturated heterocycles. The van der Waals surface area contributed by atoms with Gasteiger partial charge in [0.2, 0.25) is 11.8 Å². The maximum Gasteiger partial charge on any atom is 0.221 e. The van der Waals surface area contributed by atoms with Crippen LogP contribution in [0.25, 0.3) is 0 Å². The summed E-state index contributed by atoms with van der Waals surface area (Å²) in [4.78, 5) is 21.9. The first-order chi connectivity index (χ1) is 7.08. The van der Waals surface area contributed by atoms with Gasteiger partial charge in [-0.25, -0.2) is 0 Å². The number of hydrogen-bond donors (Lipinski definition) is 3. The third kappa shape index (κ3) is 4.78. The first-order valence-electron chi connectivity index (χ1n) is 5.39. The molecule has 4 N–H and O–H groups in total. The largest absolute Gasteiger partial charge is 0.370 e. The quantitative estimate of drug-likeness (QED) is 0.589. The first kappa shape index (κ1) is 12.0. The highest BCUT2D eigenvalue weighted by Gasteiger charge is 2.19. The summed E-state index contributed by atoms with van der Waals surface area (Å²) < 4.78 is 0. The van der Waals surface area contributed by atoms with Crippen LogP contribution in [0.3, 0.4) is 0 Å². The molecule has 0 spiro atoms. The van der Waals surface area contributed by atoms with Crippen LogP contribution in [0.5, 0.6) is 0 Å². The van der Waals surface area contributed by atoms with Crippen LogP contribution in [0, 0.1) is 0 Å². The van der Waals surface area contributed by atoms with Crippen molar-refractivity contribution >= 4 is 11.8 Å². The van der Waals surface area contributed by atoms with E-state index in [1.807, 2.05) is 6.92 Å². The Morgan fingerprint density at radius 2 is 2.47 bits per heavy atom. The van der Waals surface area contributed by atoms with Gasteiger partial charge in [0.15, 0.2) is 0 Å². The lowest BCUT2D eigenvalue weighted by molar-refractivity contribution is -0.121. The van der Waals surface area contributed by atoms with Gasteiger partial charge in [-0.1, -0.05) is 0 Å². The second-order valence-electron chi connectivity index (χ2n) is 4.13. The summed E-state index contributed by atoms with van der Waals surface area (Å²) in [5, 5.41) is 6.08. The smallest absolute Gasteiger partial charge is 0.221 e. The van der Waals surface area contributed by atoms with E-state index in [1.54, 1.807) is 0 Å². The summed E-state index contributed by atoms with van der Waals surface area (Å²) in [6, 6.07) is 0.209. The molecule has 1 aliphatic rings. The van der Waals surface area contributed by atoms with Crippen LogP contribution in [0.1, 0.15) is 32.6 Å². The maximum atomic E-state index is 11.3. The Morgan fingerprint density at radius 1 is 1.73 bits per heavy atom. The summed E-state index contributed by atoms with van der Waals surface area (Å²) in [5.41, 5.74) is 5.10. The van der Waals surface area contributed by atoms with Crippen LogP contribution in [-0.2, 0) is 9.59 Å². The first-order valence-corrected chi connectivity index (χ1v) is 5.39. The number of hydrogen-bond acceptors (Lipinski definition) is 3. The van der Waals surface area contributed by atoms with Crippen molar-refractivity contribution in [1.29, 1.82) is 0 Å². The van der Waals surface area contributed by atoms with E-state index in [9.17, 15) is 9.59 Å². The molecule has 1 fully saturated rings. The lowest BCUT2D eigenvalue weighted by Gasteiger charge is -2.20. The van der Waals surface area contributed by atoms with Gasteiger partial charge >= 0.3 is 0 Å². The minimum absolute atomic E-state index is 0.0402. The molecule has 0 aromatic rings. The van der Waals surface area contributed by atoms with E-state index in [-0.39, 0.29) is 23.9 Å². The number of nitrogens with two attached hydrogens (primary N) is 1. The van der Waals surface area contributed by atoms with E-state index in [2.05, 4.69) is 10.6 Å². The van der Waals surface area contributed by atoms with Crippen LogP contribution < -0.4 is 16.4 Å². The third-order valence-electron chi connectivity index (χ3n) is 2.51. The highest BCUT2D eigenvalue weighted by Crippen LogP contribution is 2.07. The summed E-state index contributed by atoms with van der Waals surface area (Å²) in [5.74, 6) is -0.232. The number of rotatable bonds is 4. The summed E-state index contributed by atoms with van der Waals surface area (Å²) in [6.45, 7) is 2.66. The van der Waals surface area contributed by atoms with E-state index in [4.69, 9.17) is 5.73 Å². The van der Waals surface area contributed by atoms with Crippen molar-refractivity contribution < 1.29 is 9.59 Å². The van der Waals surface area contributed by atoms with Crippen molar-refractivity contribution in [2.75, 3.05) is 6.54 Å². The normalized spacial score (nSPS) is 24.1. The highest BCUT2D eigenvalue weighted by atomic mass is 16.2. The molecule has 86 valence electrons.